The van der Waals surface area contributed by atoms with Crippen molar-refractivity contribution < 1.29 is 9.84 Å². The van der Waals surface area contributed by atoms with Crippen LogP contribution in [0.2, 0.25) is 0 Å². The van der Waals surface area contributed by atoms with E-state index < -0.39 is 5.60 Å². The molecule has 0 atom stereocenters. The zero-order valence-corrected chi connectivity index (χ0v) is 17.8. The number of hydrogen-bond donors (Lipinski definition) is 2. The van der Waals surface area contributed by atoms with E-state index in [9.17, 15) is 5.11 Å². The van der Waals surface area contributed by atoms with Gasteiger partial charge in [-0.05, 0) is 79.8 Å². The first-order chi connectivity index (χ1) is 15.0. The van der Waals surface area contributed by atoms with Gasteiger partial charge in [-0.1, -0.05) is 42.5 Å². The second-order valence-electron chi connectivity index (χ2n) is 8.54. The van der Waals surface area contributed by atoms with E-state index in [0.717, 1.165) is 57.7 Å². The highest BCUT2D eigenvalue weighted by Gasteiger charge is 2.41. The number of nitrogens with zero attached hydrogens (tertiary/aromatic N) is 1. The van der Waals surface area contributed by atoms with E-state index in [2.05, 4.69) is 41.4 Å². The molecule has 0 saturated heterocycles. The Kier molecular flexibility index (Phi) is 4.87. The highest BCUT2D eigenvalue weighted by Crippen LogP contribution is 2.45. The van der Waals surface area contributed by atoms with Crippen LogP contribution < -0.4 is 4.74 Å². The third kappa shape index (κ3) is 4.25. The first-order valence-corrected chi connectivity index (χ1v) is 10.8. The maximum atomic E-state index is 10.2. The number of rotatable bonds is 6. The number of ether oxygens (including phenoxy) is 1. The molecule has 31 heavy (non-hydrogen) atoms. The first kappa shape index (κ1) is 19.6. The van der Waals surface area contributed by atoms with Gasteiger partial charge in [0, 0.05) is 5.56 Å². The number of nitrogens with one attached hydrogen (secondary N) is 1. The Morgan fingerprint density at radius 2 is 1.61 bits per heavy atom. The molecule has 1 aliphatic carbocycles. The molecule has 0 bridgehead atoms. The average Bonchev–Trinajstić information content (AvgIpc) is 3.38. The number of imidazole rings is 1. The predicted octanol–water partition coefficient (Wildman–Crippen LogP) is 6.17. The third-order valence-electron chi connectivity index (χ3n) is 5.65. The zero-order chi connectivity index (χ0) is 21.4. The number of aliphatic hydroxyl groups is 1. The van der Waals surface area contributed by atoms with Crippen LogP contribution in [0, 0.1) is 0 Å². The van der Waals surface area contributed by atoms with Gasteiger partial charge >= 0.3 is 0 Å². The van der Waals surface area contributed by atoms with Crippen LogP contribution in [-0.2, 0) is 5.60 Å². The van der Waals surface area contributed by atoms with Gasteiger partial charge in [0.05, 0.1) is 22.7 Å². The molecule has 0 aliphatic heterocycles. The zero-order valence-electron chi connectivity index (χ0n) is 17.8. The number of aromatic nitrogens is 2. The maximum Gasteiger partial charge on any atom is 0.138 e. The minimum Gasteiger partial charge on any atom is -0.491 e. The molecular formula is C27H26N2O2. The topological polar surface area (TPSA) is 58.1 Å². The fourth-order valence-corrected chi connectivity index (χ4v) is 3.74. The molecule has 2 N–H and O–H groups in total. The SMILES string of the molecule is CC(C)Oc1ccc(-c2nc3ccc(/C=C\c4ccc(C5(O)CC5)cc4)cc3[nH]2)cc1. The molecular weight excluding hydrogens is 384 g/mol. The van der Waals surface area contributed by atoms with Crippen LogP contribution in [0.5, 0.6) is 5.75 Å². The Morgan fingerprint density at radius 1 is 0.935 bits per heavy atom. The fourth-order valence-electron chi connectivity index (χ4n) is 3.74. The third-order valence-corrected chi connectivity index (χ3v) is 5.65. The summed E-state index contributed by atoms with van der Waals surface area (Å²) in [7, 11) is 0. The van der Waals surface area contributed by atoms with E-state index in [0.29, 0.717) is 0 Å². The highest BCUT2D eigenvalue weighted by molar-refractivity contribution is 5.83. The molecule has 1 heterocycles. The maximum absolute atomic E-state index is 10.2. The van der Waals surface area contributed by atoms with Crippen LogP contribution in [0.1, 0.15) is 43.4 Å². The van der Waals surface area contributed by atoms with Crippen LogP contribution in [0.25, 0.3) is 34.6 Å². The lowest BCUT2D eigenvalue weighted by Gasteiger charge is -2.09. The molecule has 1 fully saturated rings. The van der Waals surface area contributed by atoms with E-state index >= 15 is 0 Å². The van der Waals surface area contributed by atoms with Gasteiger partial charge in [-0.3, -0.25) is 0 Å². The molecule has 0 radical (unpaired) electrons. The van der Waals surface area contributed by atoms with E-state index in [1.54, 1.807) is 0 Å². The summed E-state index contributed by atoms with van der Waals surface area (Å²) in [6.45, 7) is 4.04. The highest BCUT2D eigenvalue weighted by atomic mass is 16.5. The first-order valence-electron chi connectivity index (χ1n) is 10.8. The van der Waals surface area contributed by atoms with Gasteiger partial charge in [0.15, 0.2) is 0 Å². The van der Waals surface area contributed by atoms with Gasteiger partial charge in [-0.25, -0.2) is 4.98 Å². The Labute approximate surface area is 182 Å². The fraction of sp³-hybridized carbons (Fsp3) is 0.222. The molecule has 1 aliphatic rings. The molecule has 3 aromatic carbocycles. The van der Waals surface area contributed by atoms with Crippen molar-refractivity contribution in [3.8, 4) is 17.1 Å². The van der Waals surface area contributed by atoms with Gasteiger partial charge < -0.3 is 14.8 Å². The molecule has 1 aromatic heterocycles. The Morgan fingerprint density at radius 3 is 2.29 bits per heavy atom. The quantitative estimate of drug-likeness (QED) is 0.374. The van der Waals surface area contributed by atoms with Gasteiger partial charge in [-0.15, -0.1) is 0 Å². The summed E-state index contributed by atoms with van der Waals surface area (Å²) in [6.07, 6.45) is 6.07. The lowest BCUT2D eigenvalue weighted by Crippen LogP contribution is -2.05. The number of fused-ring (bicyclic) bond motifs is 1. The number of H-pyrrole nitrogens is 1. The van der Waals surface area contributed by atoms with Crippen LogP contribution in [0.15, 0.2) is 66.7 Å². The van der Waals surface area contributed by atoms with Crippen LogP contribution in [-0.4, -0.2) is 21.2 Å². The van der Waals surface area contributed by atoms with Gasteiger partial charge in [0.2, 0.25) is 0 Å². The van der Waals surface area contributed by atoms with Crippen molar-refractivity contribution in [2.24, 2.45) is 0 Å². The van der Waals surface area contributed by atoms with E-state index in [1.165, 1.54) is 0 Å². The van der Waals surface area contributed by atoms with E-state index in [4.69, 9.17) is 9.72 Å². The van der Waals surface area contributed by atoms with Crippen LogP contribution in [0.3, 0.4) is 0 Å². The minimum absolute atomic E-state index is 0.158. The van der Waals surface area contributed by atoms with Crippen molar-refractivity contribution in [2.45, 2.75) is 38.4 Å². The molecule has 4 aromatic rings. The molecule has 0 spiro atoms. The smallest absolute Gasteiger partial charge is 0.138 e. The van der Waals surface area contributed by atoms with Gasteiger partial charge in [0.1, 0.15) is 11.6 Å². The Bertz CT molecular complexity index is 1230. The molecule has 4 heteroatoms. The largest absolute Gasteiger partial charge is 0.491 e. The number of aromatic amines is 1. The minimum atomic E-state index is -0.576. The normalized spacial score (nSPS) is 15.1. The van der Waals surface area contributed by atoms with Crippen molar-refractivity contribution in [1.29, 1.82) is 0 Å². The predicted molar refractivity (Wildman–Crippen MR) is 126 cm³/mol. The van der Waals surface area contributed by atoms with Gasteiger partial charge in [-0.2, -0.15) is 0 Å². The van der Waals surface area contributed by atoms with E-state index in [-0.39, 0.29) is 6.10 Å². The summed E-state index contributed by atoms with van der Waals surface area (Å²) in [6, 6.07) is 22.4. The average molecular weight is 411 g/mol. The van der Waals surface area contributed by atoms with Crippen LogP contribution in [0.4, 0.5) is 0 Å². The molecule has 0 amide bonds. The van der Waals surface area contributed by atoms with Crippen molar-refractivity contribution in [1.82, 2.24) is 9.97 Å². The van der Waals surface area contributed by atoms with Crippen LogP contribution >= 0.6 is 0 Å². The van der Waals surface area contributed by atoms with Crippen molar-refractivity contribution >= 4 is 23.2 Å². The summed E-state index contributed by atoms with van der Waals surface area (Å²) in [5.41, 5.74) is 5.63. The second-order valence-corrected chi connectivity index (χ2v) is 8.54. The van der Waals surface area contributed by atoms with Gasteiger partial charge in [0.25, 0.3) is 0 Å². The summed E-state index contributed by atoms with van der Waals surface area (Å²) < 4.78 is 5.72. The molecule has 0 unspecified atom stereocenters. The van der Waals surface area contributed by atoms with E-state index in [1.807, 2.05) is 56.3 Å². The standard InChI is InChI=1S/C27H26N2O2/c1-18(2)31-23-12-8-21(9-13-23)26-28-24-14-7-20(17-25(24)29-26)4-3-19-5-10-22(11-6-19)27(30)15-16-27/h3-14,17-18,30H,15-16H2,1-2H3,(H,28,29)/b4-3-. The number of benzene rings is 3. The molecule has 1 saturated carbocycles. The monoisotopic (exact) mass is 410 g/mol. The summed E-state index contributed by atoms with van der Waals surface area (Å²) >= 11 is 0. The Balaban J connectivity index is 1.34. The number of hydrogen-bond acceptors (Lipinski definition) is 3. The Hall–Kier alpha value is -3.37. The second kappa shape index (κ2) is 7.71. The lowest BCUT2D eigenvalue weighted by molar-refractivity contribution is 0.151. The molecule has 156 valence electrons. The van der Waals surface area contributed by atoms with Crippen molar-refractivity contribution in [3.05, 3.63) is 83.4 Å². The summed E-state index contributed by atoms with van der Waals surface area (Å²) in [5, 5.41) is 10.2. The summed E-state index contributed by atoms with van der Waals surface area (Å²) in [4.78, 5) is 8.16. The molecule has 4 nitrogen and oxygen atoms in total. The van der Waals surface area contributed by atoms with Crippen molar-refractivity contribution in [2.75, 3.05) is 0 Å². The molecule has 5 rings (SSSR count). The summed E-state index contributed by atoms with van der Waals surface area (Å²) in [5.74, 6) is 1.71. The lowest BCUT2D eigenvalue weighted by atomic mass is 10.0. The van der Waals surface area contributed by atoms with Crippen molar-refractivity contribution in [3.63, 3.8) is 0 Å².